The predicted molar refractivity (Wildman–Crippen MR) is 64.7 cm³/mol. The lowest BCUT2D eigenvalue weighted by molar-refractivity contribution is 0.625. The maximum atomic E-state index is 13.7. The fourth-order valence-corrected chi connectivity index (χ4v) is 1.88. The van der Waals surface area contributed by atoms with Gasteiger partial charge in [0, 0.05) is 27.4 Å². The zero-order valence-electron chi connectivity index (χ0n) is 7.85. The van der Waals surface area contributed by atoms with Gasteiger partial charge in [0.25, 0.3) is 0 Å². The van der Waals surface area contributed by atoms with Crippen molar-refractivity contribution >= 4 is 34.8 Å². The number of benzene rings is 1. The van der Waals surface area contributed by atoms with Crippen molar-refractivity contribution in [1.29, 1.82) is 0 Å². The van der Waals surface area contributed by atoms with Crippen LogP contribution in [0.1, 0.15) is 0 Å². The summed E-state index contributed by atoms with van der Waals surface area (Å²) in [5, 5.41) is 0.700. The standard InChI is InChI=1S/C11H5Cl3FN/c12-6-1-2-9(13)8(5-6)7-3-4-16-11(14)10(7)15/h1-5H. The van der Waals surface area contributed by atoms with Gasteiger partial charge in [-0.25, -0.2) is 9.37 Å². The minimum atomic E-state index is -0.603. The van der Waals surface area contributed by atoms with E-state index in [2.05, 4.69) is 4.98 Å². The molecule has 0 aliphatic heterocycles. The molecule has 0 radical (unpaired) electrons. The molecule has 16 heavy (non-hydrogen) atoms. The average Bonchev–Trinajstić information content (AvgIpc) is 2.26. The topological polar surface area (TPSA) is 12.9 Å². The molecule has 0 fully saturated rings. The lowest BCUT2D eigenvalue weighted by Gasteiger charge is -2.06. The van der Waals surface area contributed by atoms with Crippen molar-refractivity contribution in [2.75, 3.05) is 0 Å². The van der Waals surface area contributed by atoms with Crippen molar-refractivity contribution in [3.63, 3.8) is 0 Å². The first-order chi connectivity index (χ1) is 7.59. The highest BCUT2D eigenvalue weighted by Crippen LogP contribution is 2.33. The second-order valence-corrected chi connectivity index (χ2v) is 4.29. The summed E-state index contributed by atoms with van der Waals surface area (Å²) in [6, 6.07) is 6.32. The van der Waals surface area contributed by atoms with Crippen molar-refractivity contribution in [2.24, 2.45) is 0 Å². The molecule has 82 valence electrons. The predicted octanol–water partition coefficient (Wildman–Crippen LogP) is 4.85. The number of rotatable bonds is 1. The Morgan fingerprint density at radius 1 is 1.00 bits per heavy atom. The van der Waals surface area contributed by atoms with Crippen LogP contribution in [-0.4, -0.2) is 4.98 Å². The summed E-state index contributed by atoms with van der Waals surface area (Å²) in [5.41, 5.74) is 0.781. The van der Waals surface area contributed by atoms with Gasteiger partial charge in [-0.05, 0) is 24.3 Å². The summed E-state index contributed by atoms with van der Waals surface area (Å²) in [7, 11) is 0. The SMILES string of the molecule is Fc1c(-c2cc(Cl)ccc2Cl)ccnc1Cl. The Hall–Kier alpha value is -0.830. The van der Waals surface area contributed by atoms with Gasteiger partial charge in [-0.2, -0.15) is 0 Å². The average molecular weight is 277 g/mol. The third-order valence-corrected chi connectivity index (χ3v) is 2.89. The molecule has 0 atom stereocenters. The van der Waals surface area contributed by atoms with E-state index < -0.39 is 5.82 Å². The minimum absolute atomic E-state index is 0.187. The van der Waals surface area contributed by atoms with Gasteiger partial charge in [0.05, 0.1) is 0 Å². The Kier molecular flexibility index (Phi) is 3.33. The minimum Gasteiger partial charge on any atom is -0.242 e. The molecule has 0 amide bonds. The van der Waals surface area contributed by atoms with Crippen LogP contribution in [0.15, 0.2) is 30.5 Å². The first-order valence-corrected chi connectivity index (χ1v) is 5.48. The summed E-state index contributed by atoms with van der Waals surface area (Å²) in [5.74, 6) is -0.603. The Morgan fingerprint density at radius 2 is 1.75 bits per heavy atom. The smallest absolute Gasteiger partial charge is 0.168 e. The molecule has 0 aliphatic rings. The Balaban J connectivity index is 2.67. The molecule has 0 aliphatic carbocycles. The van der Waals surface area contributed by atoms with E-state index in [1.54, 1.807) is 18.2 Å². The van der Waals surface area contributed by atoms with Gasteiger partial charge < -0.3 is 0 Å². The second kappa shape index (κ2) is 4.58. The van der Waals surface area contributed by atoms with E-state index >= 15 is 0 Å². The molecule has 0 unspecified atom stereocenters. The van der Waals surface area contributed by atoms with Crippen LogP contribution in [0.25, 0.3) is 11.1 Å². The van der Waals surface area contributed by atoms with Crippen LogP contribution in [0.2, 0.25) is 15.2 Å². The molecular formula is C11H5Cl3FN. The molecule has 0 N–H and O–H groups in total. The third kappa shape index (κ3) is 2.14. The van der Waals surface area contributed by atoms with Crippen LogP contribution in [-0.2, 0) is 0 Å². The molecule has 0 spiro atoms. The number of nitrogens with zero attached hydrogens (tertiary/aromatic N) is 1. The van der Waals surface area contributed by atoms with E-state index in [0.717, 1.165) is 0 Å². The van der Waals surface area contributed by atoms with Crippen LogP contribution in [0, 0.1) is 5.82 Å². The van der Waals surface area contributed by atoms with Crippen LogP contribution in [0.5, 0.6) is 0 Å². The quantitative estimate of drug-likeness (QED) is 0.679. The molecule has 1 aromatic carbocycles. The molecule has 5 heteroatoms. The Labute approximate surface area is 107 Å². The van der Waals surface area contributed by atoms with Gasteiger partial charge in [0.1, 0.15) is 0 Å². The summed E-state index contributed by atoms with van der Waals surface area (Å²) >= 11 is 17.4. The maximum Gasteiger partial charge on any atom is 0.168 e. The Bertz CT molecular complexity index is 543. The molecule has 1 heterocycles. The Morgan fingerprint density at radius 3 is 2.50 bits per heavy atom. The first-order valence-electron chi connectivity index (χ1n) is 4.35. The molecule has 2 aromatic rings. The maximum absolute atomic E-state index is 13.7. The first kappa shape index (κ1) is 11.6. The molecule has 1 aromatic heterocycles. The van der Waals surface area contributed by atoms with E-state index in [1.807, 2.05) is 0 Å². The molecule has 0 saturated carbocycles. The van der Waals surface area contributed by atoms with E-state index in [0.29, 0.717) is 15.6 Å². The van der Waals surface area contributed by atoms with Gasteiger partial charge in [0.15, 0.2) is 11.0 Å². The monoisotopic (exact) mass is 275 g/mol. The second-order valence-electron chi connectivity index (χ2n) is 3.09. The normalized spacial score (nSPS) is 10.5. The van der Waals surface area contributed by atoms with Crippen molar-refractivity contribution in [1.82, 2.24) is 4.98 Å². The fraction of sp³-hybridized carbons (Fsp3) is 0. The number of pyridine rings is 1. The number of hydrogen-bond donors (Lipinski definition) is 0. The highest BCUT2D eigenvalue weighted by atomic mass is 35.5. The van der Waals surface area contributed by atoms with Gasteiger partial charge in [-0.3, -0.25) is 0 Å². The molecule has 1 nitrogen and oxygen atoms in total. The van der Waals surface area contributed by atoms with Crippen LogP contribution >= 0.6 is 34.8 Å². The van der Waals surface area contributed by atoms with E-state index in [-0.39, 0.29) is 10.7 Å². The van der Waals surface area contributed by atoms with E-state index in [4.69, 9.17) is 34.8 Å². The zero-order valence-corrected chi connectivity index (χ0v) is 10.1. The molecule has 0 bridgehead atoms. The van der Waals surface area contributed by atoms with Crippen molar-refractivity contribution in [3.8, 4) is 11.1 Å². The number of hydrogen-bond acceptors (Lipinski definition) is 1. The van der Waals surface area contributed by atoms with E-state index in [9.17, 15) is 4.39 Å². The molecule has 2 rings (SSSR count). The lowest BCUT2D eigenvalue weighted by atomic mass is 10.1. The van der Waals surface area contributed by atoms with Crippen molar-refractivity contribution in [2.45, 2.75) is 0 Å². The van der Waals surface area contributed by atoms with Crippen LogP contribution < -0.4 is 0 Å². The molecular weight excluding hydrogens is 271 g/mol. The van der Waals surface area contributed by atoms with Gasteiger partial charge in [0.2, 0.25) is 0 Å². The summed E-state index contributed by atoms with van der Waals surface area (Å²) < 4.78 is 13.7. The summed E-state index contributed by atoms with van der Waals surface area (Å²) in [6.07, 6.45) is 1.41. The van der Waals surface area contributed by atoms with E-state index in [1.165, 1.54) is 12.3 Å². The van der Waals surface area contributed by atoms with Gasteiger partial charge in [-0.15, -0.1) is 0 Å². The van der Waals surface area contributed by atoms with Crippen LogP contribution in [0.3, 0.4) is 0 Å². The van der Waals surface area contributed by atoms with Gasteiger partial charge >= 0.3 is 0 Å². The highest BCUT2D eigenvalue weighted by molar-refractivity contribution is 6.35. The van der Waals surface area contributed by atoms with Crippen LogP contribution in [0.4, 0.5) is 4.39 Å². The molecule has 0 saturated heterocycles. The largest absolute Gasteiger partial charge is 0.242 e. The third-order valence-electron chi connectivity index (χ3n) is 2.07. The summed E-state index contributed by atoms with van der Waals surface area (Å²) in [6.45, 7) is 0. The van der Waals surface area contributed by atoms with Crippen molar-refractivity contribution in [3.05, 3.63) is 51.5 Å². The fourth-order valence-electron chi connectivity index (χ4n) is 1.33. The van der Waals surface area contributed by atoms with Gasteiger partial charge in [-0.1, -0.05) is 34.8 Å². The zero-order chi connectivity index (χ0) is 11.7. The van der Waals surface area contributed by atoms with Crippen molar-refractivity contribution < 1.29 is 4.39 Å². The number of aromatic nitrogens is 1. The lowest BCUT2D eigenvalue weighted by Crippen LogP contribution is -1.89. The number of halogens is 4. The summed E-state index contributed by atoms with van der Waals surface area (Å²) in [4.78, 5) is 3.63. The highest BCUT2D eigenvalue weighted by Gasteiger charge is 2.12.